The Hall–Kier alpha value is -1.62. The molecular weight excluding hydrogens is 257 g/mol. The summed E-state index contributed by atoms with van der Waals surface area (Å²) in [5.41, 5.74) is 6.40. The normalized spacial score (nSPS) is 23.6. The first-order valence-electron chi connectivity index (χ1n) is 7.04. The second-order valence-corrected chi connectivity index (χ2v) is 5.73. The van der Waals surface area contributed by atoms with Crippen LogP contribution < -0.4 is 11.1 Å². The average Bonchev–Trinajstić information content (AvgIpc) is 2.36. The van der Waals surface area contributed by atoms with E-state index in [9.17, 15) is 9.18 Å². The van der Waals surface area contributed by atoms with E-state index in [1.165, 1.54) is 18.2 Å². The lowest BCUT2D eigenvalue weighted by Gasteiger charge is -2.35. The smallest absolute Gasteiger partial charge is 0.238 e. The molecule has 1 heterocycles. The number of likely N-dealkylation sites (tertiary alicyclic amines) is 1. The number of amides is 1. The Bertz CT molecular complexity index is 492. The average molecular weight is 279 g/mol. The number of nitrogen functional groups attached to an aromatic ring is 1. The number of anilines is 2. The number of piperidine rings is 1. The van der Waals surface area contributed by atoms with Gasteiger partial charge in [-0.15, -0.1) is 0 Å². The third-order valence-corrected chi connectivity index (χ3v) is 3.91. The molecule has 0 saturated carbocycles. The highest BCUT2D eigenvalue weighted by atomic mass is 19.1. The molecule has 1 saturated heterocycles. The van der Waals surface area contributed by atoms with Crippen molar-refractivity contribution < 1.29 is 9.18 Å². The van der Waals surface area contributed by atoms with E-state index in [4.69, 9.17) is 5.73 Å². The fourth-order valence-electron chi connectivity index (χ4n) is 2.71. The van der Waals surface area contributed by atoms with Gasteiger partial charge < -0.3 is 11.1 Å². The molecule has 4 nitrogen and oxygen atoms in total. The van der Waals surface area contributed by atoms with E-state index in [1.807, 2.05) is 0 Å². The fourth-order valence-corrected chi connectivity index (χ4v) is 2.71. The van der Waals surface area contributed by atoms with Gasteiger partial charge in [-0.2, -0.15) is 0 Å². The first kappa shape index (κ1) is 14.8. The molecule has 1 amide bonds. The number of hydrogen-bond donors (Lipinski definition) is 2. The highest BCUT2D eigenvalue weighted by molar-refractivity contribution is 5.95. The van der Waals surface area contributed by atoms with E-state index in [-0.39, 0.29) is 11.6 Å². The van der Waals surface area contributed by atoms with E-state index in [1.54, 1.807) is 0 Å². The van der Waals surface area contributed by atoms with Crippen LogP contribution in [0.3, 0.4) is 0 Å². The Balaban J connectivity index is 1.92. The number of carbonyl (C=O) groups is 1. The number of nitrogens with zero attached hydrogens (tertiary/aromatic N) is 1. The van der Waals surface area contributed by atoms with Crippen LogP contribution in [-0.4, -0.2) is 29.9 Å². The molecule has 1 fully saturated rings. The molecule has 0 radical (unpaired) electrons. The highest BCUT2D eigenvalue weighted by Crippen LogP contribution is 2.22. The lowest BCUT2D eigenvalue weighted by atomic mass is 9.93. The minimum Gasteiger partial charge on any atom is -0.397 e. The van der Waals surface area contributed by atoms with E-state index in [0.717, 1.165) is 25.3 Å². The second kappa shape index (κ2) is 6.22. The topological polar surface area (TPSA) is 58.4 Å². The summed E-state index contributed by atoms with van der Waals surface area (Å²) in [6, 6.07) is 4.40. The molecule has 2 rings (SSSR count). The van der Waals surface area contributed by atoms with Crippen LogP contribution in [0.15, 0.2) is 18.2 Å². The summed E-state index contributed by atoms with van der Waals surface area (Å²) < 4.78 is 12.9. The van der Waals surface area contributed by atoms with Crippen molar-refractivity contribution in [2.75, 3.05) is 24.1 Å². The monoisotopic (exact) mass is 279 g/mol. The molecule has 1 aliphatic rings. The van der Waals surface area contributed by atoms with Gasteiger partial charge in [-0.1, -0.05) is 6.92 Å². The zero-order valence-electron chi connectivity index (χ0n) is 12.0. The van der Waals surface area contributed by atoms with Crippen LogP contribution in [0.1, 0.15) is 26.7 Å². The van der Waals surface area contributed by atoms with Gasteiger partial charge >= 0.3 is 0 Å². The van der Waals surface area contributed by atoms with E-state index in [0.29, 0.717) is 18.3 Å². The summed E-state index contributed by atoms with van der Waals surface area (Å²) in [4.78, 5) is 14.2. The maximum Gasteiger partial charge on any atom is 0.238 e. The molecule has 1 aliphatic heterocycles. The Kier molecular flexibility index (Phi) is 4.60. The van der Waals surface area contributed by atoms with Crippen molar-refractivity contribution in [3.05, 3.63) is 24.0 Å². The maximum absolute atomic E-state index is 12.9. The Labute approximate surface area is 119 Å². The zero-order valence-corrected chi connectivity index (χ0v) is 12.0. The van der Waals surface area contributed by atoms with Crippen LogP contribution in [0.2, 0.25) is 0 Å². The number of nitrogens with one attached hydrogen (secondary N) is 1. The molecule has 0 aromatic heterocycles. The summed E-state index contributed by atoms with van der Waals surface area (Å²) >= 11 is 0. The first-order valence-corrected chi connectivity index (χ1v) is 7.04. The minimum absolute atomic E-state index is 0.107. The second-order valence-electron chi connectivity index (χ2n) is 5.73. The van der Waals surface area contributed by atoms with Gasteiger partial charge in [0.05, 0.1) is 17.9 Å². The number of benzene rings is 1. The van der Waals surface area contributed by atoms with E-state index < -0.39 is 5.82 Å². The highest BCUT2D eigenvalue weighted by Gasteiger charge is 2.24. The number of rotatable bonds is 3. The number of halogens is 1. The largest absolute Gasteiger partial charge is 0.397 e. The van der Waals surface area contributed by atoms with Crippen molar-refractivity contribution >= 4 is 17.3 Å². The lowest BCUT2D eigenvalue weighted by molar-refractivity contribution is -0.118. The van der Waals surface area contributed by atoms with Crippen LogP contribution >= 0.6 is 0 Å². The van der Waals surface area contributed by atoms with Gasteiger partial charge in [0, 0.05) is 6.04 Å². The van der Waals surface area contributed by atoms with Gasteiger partial charge in [-0.25, -0.2) is 4.39 Å². The third-order valence-electron chi connectivity index (χ3n) is 3.91. The van der Waals surface area contributed by atoms with Crippen molar-refractivity contribution in [3.8, 4) is 0 Å². The van der Waals surface area contributed by atoms with Crippen molar-refractivity contribution in [2.24, 2.45) is 5.92 Å². The van der Waals surface area contributed by atoms with Crippen molar-refractivity contribution in [2.45, 2.75) is 32.7 Å². The van der Waals surface area contributed by atoms with Gasteiger partial charge in [-0.3, -0.25) is 9.69 Å². The molecule has 2 atom stereocenters. The first-order chi connectivity index (χ1) is 9.45. The van der Waals surface area contributed by atoms with Gasteiger partial charge in [0.15, 0.2) is 0 Å². The number of carbonyl (C=O) groups excluding carboxylic acids is 1. The van der Waals surface area contributed by atoms with E-state index >= 15 is 0 Å². The molecule has 2 unspecified atom stereocenters. The van der Waals surface area contributed by atoms with Crippen LogP contribution in [0.25, 0.3) is 0 Å². The third kappa shape index (κ3) is 3.70. The van der Waals surface area contributed by atoms with Gasteiger partial charge in [0.2, 0.25) is 5.91 Å². The number of hydrogen-bond acceptors (Lipinski definition) is 3. The molecule has 1 aromatic carbocycles. The Morgan fingerprint density at radius 3 is 2.90 bits per heavy atom. The predicted molar refractivity (Wildman–Crippen MR) is 78.9 cm³/mol. The molecule has 3 N–H and O–H groups in total. The molecule has 110 valence electrons. The Morgan fingerprint density at radius 1 is 1.50 bits per heavy atom. The SMILES string of the molecule is CC1CCN(CC(=O)Nc2ccc(F)cc2N)C(C)C1. The summed E-state index contributed by atoms with van der Waals surface area (Å²) in [5, 5.41) is 2.74. The molecule has 1 aromatic rings. The van der Waals surface area contributed by atoms with Crippen LogP contribution in [-0.2, 0) is 4.79 Å². The van der Waals surface area contributed by atoms with Crippen molar-refractivity contribution in [1.29, 1.82) is 0 Å². The molecular formula is C15H22FN3O. The molecule has 20 heavy (non-hydrogen) atoms. The summed E-state index contributed by atoms with van der Waals surface area (Å²) in [5.74, 6) is 0.209. The van der Waals surface area contributed by atoms with Gasteiger partial charge in [-0.05, 0) is 50.4 Å². The zero-order chi connectivity index (χ0) is 14.7. The Morgan fingerprint density at radius 2 is 2.25 bits per heavy atom. The van der Waals surface area contributed by atoms with Gasteiger partial charge in [0.1, 0.15) is 5.82 Å². The number of nitrogens with two attached hydrogens (primary N) is 1. The van der Waals surface area contributed by atoms with E-state index in [2.05, 4.69) is 24.1 Å². The molecule has 0 bridgehead atoms. The molecule has 0 spiro atoms. The minimum atomic E-state index is -0.404. The van der Waals surface area contributed by atoms with Crippen molar-refractivity contribution in [3.63, 3.8) is 0 Å². The standard InChI is InChI=1S/C15H22FN3O/c1-10-5-6-19(11(2)7-10)9-15(20)18-14-4-3-12(16)8-13(14)17/h3-4,8,10-11H,5-7,9,17H2,1-2H3,(H,18,20). The lowest BCUT2D eigenvalue weighted by Crippen LogP contribution is -2.44. The quantitative estimate of drug-likeness (QED) is 0.836. The van der Waals surface area contributed by atoms with Crippen LogP contribution in [0.4, 0.5) is 15.8 Å². The molecule has 0 aliphatic carbocycles. The predicted octanol–water partition coefficient (Wildman–Crippen LogP) is 2.47. The molecule has 5 heteroatoms. The summed E-state index contributed by atoms with van der Waals surface area (Å²) in [7, 11) is 0. The summed E-state index contributed by atoms with van der Waals surface area (Å²) in [6.45, 7) is 5.68. The maximum atomic E-state index is 12.9. The van der Waals surface area contributed by atoms with Crippen molar-refractivity contribution in [1.82, 2.24) is 4.90 Å². The van der Waals surface area contributed by atoms with Gasteiger partial charge in [0.25, 0.3) is 0 Å². The van der Waals surface area contributed by atoms with Crippen LogP contribution in [0.5, 0.6) is 0 Å². The summed E-state index contributed by atoms with van der Waals surface area (Å²) in [6.07, 6.45) is 2.24. The fraction of sp³-hybridized carbons (Fsp3) is 0.533. The van der Waals surface area contributed by atoms with Crippen LogP contribution in [0, 0.1) is 11.7 Å².